The SMILES string of the molecule is COC(=O)C1=C(C(=O)OC)N(c2ccccc2N2CCC(NC(=O)OC(C)(C)C)CC2)COC1. The van der Waals surface area contributed by atoms with Crippen LogP contribution in [-0.4, -0.2) is 70.3 Å². The molecule has 1 amide bonds. The number of hydrogen-bond acceptors (Lipinski definition) is 9. The summed E-state index contributed by atoms with van der Waals surface area (Å²) in [6, 6.07) is 7.60. The number of rotatable bonds is 5. The summed E-state index contributed by atoms with van der Waals surface area (Å²) in [5.74, 6) is -1.28. The number of nitrogens with zero attached hydrogens (tertiary/aromatic N) is 2. The lowest BCUT2D eigenvalue weighted by atomic mass is 10.0. The zero-order valence-electron chi connectivity index (χ0n) is 20.4. The van der Waals surface area contributed by atoms with E-state index in [2.05, 4.69) is 10.2 Å². The molecule has 2 aliphatic heterocycles. The van der Waals surface area contributed by atoms with Gasteiger partial charge >= 0.3 is 18.0 Å². The first-order chi connectivity index (χ1) is 16.1. The van der Waals surface area contributed by atoms with E-state index in [0.717, 1.165) is 18.5 Å². The third kappa shape index (κ3) is 5.99. The van der Waals surface area contributed by atoms with Crippen LogP contribution >= 0.6 is 0 Å². The number of piperidine rings is 1. The molecule has 0 spiro atoms. The fourth-order valence-corrected chi connectivity index (χ4v) is 4.03. The molecule has 0 aromatic heterocycles. The molecule has 0 atom stereocenters. The predicted molar refractivity (Wildman–Crippen MR) is 125 cm³/mol. The molecule has 2 aliphatic rings. The topological polar surface area (TPSA) is 107 Å². The molecule has 1 saturated heterocycles. The van der Waals surface area contributed by atoms with Crippen LogP contribution in [-0.2, 0) is 28.5 Å². The highest BCUT2D eigenvalue weighted by molar-refractivity contribution is 6.04. The van der Waals surface area contributed by atoms with Crippen LogP contribution in [0.5, 0.6) is 0 Å². The van der Waals surface area contributed by atoms with Gasteiger partial charge in [-0.05, 0) is 45.7 Å². The lowest BCUT2D eigenvalue weighted by Crippen LogP contribution is -2.46. The number of anilines is 2. The maximum absolute atomic E-state index is 12.7. The van der Waals surface area contributed by atoms with Gasteiger partial charge < -0.3 is 34.1 Å². The van der Waals surface area contributed by atoms with E-state index < -0.39 is 23.6 Å². The molecule has 2 heterocycles. The van der Waals surface area contributed by atoms with Crippen molar-refractivity contribution in [2.24, 2.45) is 0 Å². The normalized spacial score (nSPS) is 17.3. The van der Waals surface area contributed by atoms with Crippen molar-refractivity contribution in [3.63, 3.8) is 0 Å². The Kier molecular flexibility index (Phi) is 8.03. The van der Waals surface area contributed by atoms with Gasteiger partial charge in [0.25, 0.3) is 0 Å². The Morgan fingerprint density at radius 2 is 1.62 bits per heavy atom. The van der Waals surface area contributed by atoms with Gasteiger partial charge in [-0.25, -0.2) is 14.4 Å². The van der Waals surface area contributed by atoms with Gasteiger partial charge in [0.05, 0.1) is 37.8 Å². The maximum Gasteiger partial charge on any atom is 0.407 e. The third-order valence-corrected chi connectivity index (χ3v) is 5.56. The number of alkyl carbamates (subject to hydrolysis) is 1. The Bertz CT molecular complexity index is 946. The van der Waals surface area contributed by atoms with Crippen molar-refractivity contribution < 1.29 is 33.3 Å². The highest BCUT2D eigenvalue weighted by Crippen LogP contribution is 2.36. The maximum atomic E-state index is 12.7. The number of benzene rings is 1. The molecule has 0 saturated carbocycles. The minimum absolute atomic E-state index is 0.00744. The van der Waals surface area contributed by atoms with Crippen LogP contribution in [0.25, 0.3) is 0 Å². The molecular formula is C24H33N3O7. The van der Waals surface area contributed by atoms with Gasteiger partial charge in [-0.3, -0.25) is 0 Å². The lowest BCUT2D eigenvalue weighted by Gasteiger charge is -2.38. The number of hydrogen-bond donors (Lipinski definition) is 1. The van der Waals surface area contributed by atoms with Crippen molar-refractivity contribution in [1.29, 1.82) is 0 Å². The van der Waals surface area contributed by atoms with Crippen LogP contribution in [0.3, 0.4) is 0 Å². The minimum Gasteiger partial charge on any atom is -0.466 e. The highest BCUT2D eigenvalue weighted by atomic mass is 16.6. The van der Waals surface area contributed by atoms with E-state index >= 15 is 0 Å². The summed E-state index contributed by atoms with van der Waals surface area (Å²) in [6.07, 6.45) is 1.05. The molecule has 34 heavy (non-hydrogen) atoms. The zero-order valence-corrected chi connectivity index (χ0v) is 20.4. The van der Waals surface area contributed by atoms with Gasteiger partial charge in [-0.2, -0.15) is 0 Å². The van der Waals surface area contributed by atoms with Crippen LogP contribution in [0, 0.1) is 0 Å². The monoisotopic (exact) mass is 475 g/mol. The summed E-state index contributed by atoms with van der Waals surface area (Å²) in [6.45, 7) is 6.91. The number of para-hydroxylation sites is 2. The van der Waals surface area contributed by atoms with E-state index in [0.29, 0.717) is 18.8 Å². The van der Waals surface area contributed by atoms with E-state index in [1.54, 1.807) is 4.90 Å². The number of methoxy groups -OCH3 is 2. The van der Waals surface area contributed by atoms with Crippen LogP contribution in [0.15, 0.2) is 35.5 Å². The van der Waals surface area contributed by atoms with E-state index in [9.17, 15) is 14.4 Å². The molecule has 1 N–H and O–H groups in total. The van der Waals surface area contributed by atoms with Crippen molar-refractivity contribution in [2.45, 2.75) is 45.3 Å². The number of nitrogens with one attached hydrogen (secondary N) is 1. The van der Waals surface area contributed by atoms with Crippen LogP contribution in [0.4, 0.5) is 16.2 Å². The molecule has 186 valence electrons. The summed E-state index contributed by atoms with van der Waals surface area (Å²) in [5.41, 5.74) is 1.26. The molecule has 0 bridgehead atoms. The second-order valence-corrected chi connectivity index (χ2v) is 9.11. The third-order valence-electron chi connectivity index (χ3n) is 5.56. The molecule has 1 aromatic carbocycles. The summed E-state index contributed by atoms with van der Waals surface area (Å²) >= 11 is 0. The Morgan fingerprint density at radius 3 is 2.21 bits per heavy atom. The zero-order chi connectivity index (χ0) is 24.9. The van der Waals surface area contributed by atoms with Crippen molar-refractivity contribution in [3.8, 4) is 0 Å². The Morgan fingerprint density at radius 1 is 1.00 bits per heavy atom. The van der Waals surface area contributed by atoms with Gasteiger partial charge in [0.1, 0.15) is 18.0 Å². The first kappa shape index (κ1) is 25.4. The standard InChI is InChI=1S/C24H33N3O7/c1-24(2,3)34-23(30)25-16-10-12-26(13-11-16)18-8-6-7-9-19(18)27-15-33-14-17(21(28)31-4)20(27)22(29)32-5/h6-9,16H,10-15H2,1-5H3,(H,25,30). The smallest absolute Gasteiger partial charge is 0.407 e. The van der Waals surface area contributed by atoms with Gasteiger partial charge in [0, 0.05) is 19.1 Å². The molecular weight excluding hydrogens is 442 g/mol. The Hall–Kier alpha value is -3.27. The number of carbonyl (C=O) groups excluding carboxylic acids is 3. The minimum atomic E-state index is -0.642. The molecule has 0 aliphatic carbocycles. The van der Waals surface area contributed by atoms with Crippen molar-refractivity contribution in [3.05, 3.63) is 35.5 Å². The van der Waals surface area contributed by atoms with Crippen molar-refractivity contribution in [1.82, 2.24) is 5.32 Å². The van der Waals surface area contributed by atoms with E-state index in [1.165, 1.54) is 14.2 Å². The first-order valence-electron chi connectivity index (χ1n) is 11.2. The molecule has 0 radical (unpaired) electrons. The van der Waals surface area contributed by atoms with Gasteiger partial charge in [-0.15, -0.1) is 0 Å². The van der Waals surface area contributed by atoms with E-state index in [-0.39, 0.29) is 30.6 Å². The van der Waals surface area contributed by atoms with E-state index in [4.69, 9.17) is 18.9 Å². The quantitative estimate of drug-likeness (QED) is 0.508. The van der Waals surface area contributed by atoms with Crippen LogP contribution in [0.2, 0.25) is 0 Å². The van der Waals surface area contributed by atoms with Gasteiger partial charge in [0.15, 0.2) is 0 Å². The van der Waals surface area contributed by atoms with E-state index in [1.807, 2.05) is 45.0 Å². The first-order valence-corrected chi connectivity index (χ1v) is 11.2. The number of amides is 1. The predicted octanol–water partition coefficient (Wildman–Crippen LogP) is 2.57. The van der Waals surface area contributed by atoms with Crippen molar-refractivity contribution in [2.75, 3.05) is 50.4 Å². The lowest BCUT2D eigenvalue weighted by molar-refractivity contribution is -0.140. The average Bonchev–Trinajstić information content (AvgIpc) is 2.81. The molecule has 1 fully saturated rings. The Balaban J connectivity index is 1.81. The Labute approximate surface area is 199 Å². The summed E-state index contributed by atoms with van der Waals surface area (Å²) in [7, 11) is 2.53. The van der Waals surface area contributed by atoms with Gasteiger partial charge in [-0.1, -0.05) is 12.1 Å². The number of ether oxygens (including phenoxy) is 4. The summed E-state index contributed by atoms with van der Waals surface area (Å²) in [5, 5.41) is 2.94. The largest absolute Gasteiger partial charge is 0.466 e. The molecule has 0 unspecified atom stereocenters. The number of carbonyl (C=O) groups is 3. The summed E-state index contributed by atoms with van der Waals surface area (Å²) in [4.78, 5) is 40.9. The summed E-state index contributed by atoms with van der Waals surface area (Å²) < 4.78 is 20.8. The second-order valence-electron chi connectivity index (χ2n) is 9.11. The van der Waals surface area contributed by atoms with Crippen LogP contribution in [0.1, 0.15) is 33.6 Å². The molecule has 10 heteroatoms. The van der Waals surface area contributed by atoms with Gasteiger partial charge in [0.2, 0.25) is 0 Å². The molecule has 10 nitrogen and oxygen atoms in total. The molecule has 1 aromatic rings. The second kappa shape index (κ2) is 10.8. The average molecular weight is 476 g/mol. The van der Waals surface area contributed by atoms with Crippen LogP contribution < -0.4 is 15.1 Å². The number of esters is 2. The van der Waals surface area contributed by atoms with Crippen molar-refractivity contribution >= 4 is 29.4 Å². The highest BCUT2D eigenvalue weighted by Gasteiger charge is 2.34. The molecule has 3 rings (SSSR count). The fourth-order valence-electron chi connectivity index (χ4n) is 4.03. The fraction of sp³-hybridized carbons (Fsp3) is 0.542.